The van der Waals surface area contributed by atoms with Crippen molar-refractivity contribution in [3.63, 3.8) is 0 Å². The van der Waals surface area contributed by atoms with Crippen molar-refractivity contribution in [2.75, 3.05) is 11.9 Å². The second kappa shape index (κ2) is 7.98. The van der Waals surface area contributed by atoms with Gasteiger partial charge in [-0.25, -0.2) is 17.1 Å². The molecule has 2 aromatic carbocycles. The Morgan fingerprint density at radius 1 is 1.10 bits per heavy atom. The van der Waals surface area contributed by atoms with Gasteiger partial charge in [0.2, 0.25) is 9.70 Å². The standard InChI is InChI=1S/C17H13Cl3FN3O4S/c18-17(19,20)16(22-11-7-5-10(21)6-8-11)23-14(25)9-24-15(26)12-3-1-2-4-13(12)29(24,27)28/h1-8,16,22H,9H2,(H,23,25)/t16-/m0/s1. The molecule has 2 amide bonds. The molecule has 1 aliphatic heterocycles. The lowest BCUT2D eigenvalue weighted by molar-refractivity contribution is -0.121. The first-order chi connectivity index (χ1) is 13.5. The highest BCUT2D eigenvalue weighted by molar-refractivity contribution is 7.90. The molecular weight excluding hydrogens is 468 g/mol. The largest absolute Gasteiger partial charge is 0.362 e. The Labute approximate surface area is 180 Å². The predicted octanol–water partition coefficient (Wildman–Crippen LogP) is 2.89. The van der Waals surface area contributed by atoms with Gasteiger partial charge in [0.1, 0.15) is 23.4 Å². The molecule has 0 spiro atoms. The monoisotopic (exact) mass is 479 g/mol. The molecule has 7 nitrogen and oxygen atoms in total. The lowest BCUT2D eigenvalue weighted by Gasteiger charge is -2.28. The first-order valence-corrected chi connectivity index (χ1v) is 10.6. The van der Waals surface area contributed by atoms with Crippen LogP contribution in [0.5, 0.6) is 0 Å². The Bertz CT molecular complexity index is 1060. The number of fused-ring (bicyclic) bond motifs is 1. The van der Waals surface area contributed by atoms with Crippen molar-refractivity contribution < 1.29 is 22.4 Å². The van der Waals surface area contributed by atoms with E-state index in [1.165, 1.54) is 36.4 Å². The molecule has 0 aromatic heterocycles. The molecule has 2 N–H and O–H groups in total. The first-order valence-electron chi connectivity index (χ1n) is 8.04. The fraction of sp³-hybridized carbons (Fsp3) is 0.176. The maximum Gasteiger partial charge on any atom is 0.269 e. The molecule has 0 fully saturated rings. The fourth-order valence-corrected chi connectivity index (χ4v) is 4.49. The van der Waals surface area contributed by atoms with E-state index in [1.54, 1.807) is 0 Å². The number of halogens is 4. The van der Waals surface area contributed by atoms with E-state index in [0.717, 1.165) is 12.1 Å². The van der Waals surface area contributed by atoms with Gasteiger partial charge >= 0.3 is 0 Å². The number of amides is 2. The number of nitrogens with zero attached hydrogens (tertiary/aromatic N) is 1. The van der Waals surface area contributed by atoms with Gasteiger partial charge < -0.3 is 10.6 Å². The highest BCUT2D eigenvalue weighted by atomic mass is 35.6. The number of alkyl halides is 3. The van der Waals surface area contributed by atoms with Crippen molar-refractivity contribution >= 4 is 62.3 Å². The minimum atomic E-state index is -4.16. The fourth-order valence-electron chi connectivity index (χ4n) is 2.64. The second-order valence-electron chi connectivity index (χ2n) is 6.01. The Morgan fingerprint density at radius 3 is 2.31 bits per heavy atom. The van der Waals surface area contributed by atoms with Crippen molar-refractivity contribution in [2.24, 2.45) is 0 Å². The van der Waals surface area contributed by atoms with Gasteiger partial charge in [-0.15, -0.1) is 0 Å². The van der Waals surface area contributed by atoms with E-state index in [4.69, 9.17) is 34.8 Å². The van der Waals surface area contributed by atoms with Crippen LogP contribution in [0.15, 0.2) is 53.4 Å². The molecule has 12 heteroatoms. The summed E-state index contributed by atoms with van der Waals surface area (Å²) in [4.78, 5) is 24.6. The summed E-state index contributed by atoms with van der Waals surface area (Å²) in [6.45, 7) is -0.807. The van der Waals surface area contributed by atoms with Crippen LogP contribution in [0.4, 0.5) is 10.1 Å². The van der Waals surface area contributed by atoms with E-state index in [-0.39, 0.29) is 10.5 Å². The number of carbonyl (C=O) groups is 2. The van der Waals surface area contributed by atoms with Gasteiger partial charge in [0.05, 0.1) is 5.56 Å². The molecule has 0 saturated carbocycles. The molecule has 1 aliphatic rings. The van der Waals surface area contributed by atoms with Crippen LogP contribution in [0.1, 0.15) is 10.4 Å². The second-order valence-corrected chi connectivity index (χ2v) is 10.2. The number of nitrogens with one attached hydrogen (secondary N) is 2. The maximum absolute atomic E-state index is 13.0. The SMILES string of the molecule is O=C(CN1C(=O)c2ccccc2S1(=O)=O)N[C@H](Nc1ccc(F)cc1)C(Cl)(Cl)Cl. The Balaban J connectivity index is 1.76. The van der Waals surface area contributed by atoms with Gasteiger partial charge in [-0.05, 0) is 36.4 Å². The maximum atomic E-state index is 13.0. The first kappa shape index (κ1) is 21.6. The van der Waals surface area contributed by atoms with Crippen LogP contribution >= 0.6 is 34.8 Å². The van der Waals surface area contributed by atoms with Crippen molar-refractivity contribution in [1.29, 1.82) is 0 Å². The summed E-state index contributed by atoms with van der Waals surface area (Å²) in [7, 11) is -4.16. The number of anilines is 1. The highest BCUT2D eigenvalue weighted by Gasteiger charge is 2.42. The molecule has 0 unspecified atom stereocenters. The molecular formula is C17H13Cl3FN3O4S. The van der Waals surface area contributed by atoms with E-state index in [1.807, 2.05) is 0 Å². The predicted molar refractivity (Wildman–Crippen MR) is 107 cm³/mol. The third-order valence-electron chi connectivity index (χ3n) is 3.99. The van der Waals surface area contributed by atoms with Gasteiger partial charge in [0, 0.05) is 5.69 Å². The number of sulfonamides is 1. The number of hydrogen-bond donors (Lipinski definition) is 2. The number of hydrogen-bond acceptors (Lipinski definition) is 5. The quantitative estimate of drug-likeness (QED) is 0.507. The normalized spacial score (nSPS) is 16.3. The zero-order valence-electron chi connectivity index (χ0n) is 14.4. The average Bonchev–Trinajstić information content (AvgIpc) is 2.83. The molecule has 1 heterocycles. The van der Waals surface area contributed by atoms with Crippen molar-refractivity contribution in [1.82, 2.24) is 9.62 Å². The van der Waals surface area contributed by atoms with Crippen molar-refractivity contribution in [3.05, 3.63) is 59.9 Å². The Morgan fingerprint density at radius 2 is 1.72 bits per heavy atom. The van der Waals surface area contributed by atoms with E-state index in [0.29, 0.717) is 9.99 Å². The molecule has 29 heavy (non-hydrogen) atoms. The Kier molecular flexibility index (Phi) is 5.96. The molecule has 0 radical (unpaired) electrons. The van der Waals surface area contributed by atoms with Gasteiger partial charge in [-0.2, -0.15) is 0 Å². The molecule has 2 aromatic rings. The van der Waals surface area contributed by atoms with E-state index in [9.17, 15) is 22.4 Å². The van der Waals surface area contributed by atoms with E-state index < -0.39 is 44.2 Å². The van der Waals surface area contributed by atoms with Crippen LogP contribution in [0.25, 0.3) is 0 Å². The van der Waals surface area contributed by atoms with Gasteiger partial charge in [-0.3, -0.25) is 9.59 Å². The summed E-state index contributed by atoms with van der Waals surface area (Å²) >= 11 is 17.6. The minimum absolute atomic E-state index is 0.0253. The van der Waals surface area contributed by atoms with Gasteiger partial charge in [0.15, 0.2) is 0 Å². The molecule has 3 rings (SSSR count). The summed E-state index contributed by atoms with van der Waals surface area (Å²) in [5, 5.41) is 5.04. The van der Waals surface area contributed by atoms with Crippen molar-refractivity contribution in [3.8, 4) is 0 Å². The summed E-state index contributed by atoms with van der Waals surface area (Å²) < 4.78 is 36.5. The van der Waals surface area contributed by atoms with Crippen LogP contribution in [0.3, 0.4) is 0 Å². The average molecular weight is 481 g/mol. The summed E-state index contributed by atoms with van der Waals surface area (Å²) in [5.74, 6) is -2.20. The number of benzene rings is 2. The Hall–Kier alpha value is -2.07. The van der Waals surface area contributed by atoms with Crippen LogP contribution in [0, 0.1) is 5.82 Å². The van der Waals surface area contributed by atoms with Crippen LogP contribution in [0.2, 0.25) is 0 Å². The van der Waals surface area contributed by atoms with Gasteiger partial charge in [-0.1, -0.05) is 46.9 Å². The summed E-state index contributed by atoms with van der Waals surface area (Å²) in [6.07, 6.45) is -1.30. The summed E-state index contributed by atoms with van der Waals surface area (Å²) in [5.41, 5.74) is 0.308. The zero-order chi connectivity index (χ0) is 21.4. The number of rotatable bonds is 5. The molecule has 154 valence electrons. The molecule has 0 bridgehead atoms. The summed E-state index contributed by atoms with van der Waals surface area (Å²) in [6, 6.07) is 10.7. The lowest BCUT2D eigenvalue weighted by atomic mass is 10.2. The minimum Gasteiger partial charge on any atom is -0.362 e. The smallest absolute Gasteiger partial charge is 0.269 e. The third kappa shape index (κ3) is 4.58. The van der Waals surface area contributed by atoms with Crippen LogP contribution in [-0.4, -0.2) is 41.0 Å². The number of carbonyl (C=O) groups excluding carboxylic acids is 2. The molecule has 0 aliphatic carbocycles. The lowest BCUT2D eigenvalue weighted by Crippen LogP contribution is -2.52. The van der Waals surface area contributed by atoms with Crippen LogP contribution in [-0.2, 0) is 14.8 Å². The third-order valence-corrected chi connectivity index (χ3v) is 6.43. The van der Waals surface area contributed by atoms with E-state index >= 15 is 0 Å². The van der Waals surface area contributed by atoms with Crippen molar-refractivity contribution in [2.45, 2.75) is 14.9 Å². The molecule has 1 atom stereocenters. The molecule has 0 saturated heterocycles. The van der Waals surface area contributed by atoms with Crippen LogP contribution < -0.4 is 10.6 Å². The highest BCUT2D eigenvalue weighted by Crippen LogP contribution is 2.32. The van der Waals surface area contributed by atoms with E-state index in [2.05, 4.69) is 10.6 Å². The van der Waals surface area contributed by atoms with Gasteiger partial charge in [0.25, 0.3) is 15.9 Å². The topological polar surface area (TPSA) is 95.6 Å². The zero-order valence-corrected chi connectivity index (χ0v) is 17.5.